The number of carbonyl (C=O) groups excluding carboxylic acids is 8. The van der Waals surface area contributed by atoms with Crippen molar-refractivity contribution in [1.29, 1.82) is 0 Å². The van der Waals surface area contributed by atoms with Crippen molar-refractivity contribution in [2.24, 2.45) is 5.73 Å². The molecule has 0 saturated heterocycles. The molecular weight excluding hydrogens is 2800 g/mol. The minimum absolute atomic E-state index is 0. The smallest absolute Gasteiger partial charge is 0.469 e. The van der Waals surface area contributed by atoms with E-state index in [1.54, 1.807) is 20.8 Å². The maximum Gasteiger partial charge on any atom is 0.469 e. The van der Waals surface area contributed by atoms with Crippen LogP contribution in [-0.2, 0) is 75.3 Å². The number of nitrogens with zero attached hydrogens (tertiary/aromatic N) is 3. The average molecular weight is 2880 g/mol. The Labute approximate surface area is 736 Å². The van der Waals surface area contributed by atoms with Gasteiger partial charge in [-0.15, -0.1) is 0 Å². The zero-order chi connectivity index (χ0) is 91.1. The Morgan fingerprint density at radius 1 is 0.615 bits per heavy atom. The second kappa shape index (κ2) is 49.5. The Morgan fingerprint density at radius 3 is 1.58 bits per heavy atom. The van der Waals surface area contributed by atoms with E-state index in [-0.39, 0.29) is 117 Å². The van der Waals surface area contributed by atoms with Gasteiger partial charge in [-0.1, -0.05) is 158 Å². The number of allylic oxidation sites excluding steroid dienone is 3. The van der Waals surface area contributed by atoms with Gasteiger partial charge in [0.2, 0.25) is 23.2 Å². The molecule has 0 spiro atoms. The Morgan fingerprint density at radius 2 is 1.09 bits per heavy atom. The molecule has 4 aliphatic carbocycles. The molecule has 49 heteroatoms. The van der Waals surface area contributed by atoms with E-state index in [4.69, 9.17) is 58.5 Å². The van der Waals surface area contributed by atoms with Crippen molar-refractivity contribution in [1.82, 2.24) is 26.6 Å². The average Bonchev–Trinajstić information content (AvgIpc) is 1.14. The molecule has 130 heavy (non-hydrogen) atoms. The zero-order valence-corrected chi connectivity index (χ0v) is 83.4. The molecule has 6 aromatic carbocycles. The summed E-state index contributed by atoms with van der Waals surface area (Å²) in [5.41, 5.74) is 9.91. The number of non-ortho nitro benzene ring substituents is 2. The summed E-state index contributed by atoms with van der Waals surface area (Å²) in [6.07, 6.45) is -1.56. The molecule has 4 atom stereocenters. The summed E-state index contributed by atoms with van der Waals surface area (Å²) in [7, 11) is -5.49. The number of ketones is 1. The van der Waals surface area contributed by atoms with Gasteiger partial charge in [-0.3, -0.25) is 48.6 Å². The molecule has 2 bridgehead atoms. The molecule has 0 radical (unpaired) electrons. The number of hydrogen-bond acceptors (Lipinski definition) is 30. The van der Waals surface area contributed by atoms with E-state index in [9.17, 15) is 77.6 Å². The topological polar surface area (TPSA) is 560 Å². The minimum Gasteiger partial charge on any atom is -0.480 e. The van der Waals surface area contributed by atoms with Crippen LogP contribution in [0.15, 0.2) is 167 Å². The number of carbonyl (C=O) groups is 9. The molecule has 0 aliphatic heterocycles. The Hall–Kier alpha value is -15.4. The van der Waals surface area contributed by atoms with E-state index >= 15 is 0 Å². The maximum atomic E-state index is 14.6. The Balaban J connectivity index is 0.000000468. The Bertz CT molecular complexity index is 5240. The van der Waals surface area contributed by atoms with E-state index < -0.39 is 147 Å². The number of nitrogens with two attached hydrogens (primary N) is 1. The number of carboxylic acid groups (broad SMARTS) is 1. The molecule has 39 nitrogen and oxygen atoms in total. The fourth-order valence-corrected chi connectivity index (χ4v) is 18.1. The van der Waals surface area contributed by atoms with E-state index in [0.717, 1.165) is 93.9 Å². The number of esters is 1. The van der Waals surface area contributed by atoms with Crippen LogP contribution >= 0.6 is 58.8 Å². The number of nitro benzene ring substituents is 2. The van der Waals surface area contributed by atoms with Crippen molar-refractivity contribution in [2.75, 3.05) is 114 Å². The fraction of sp³-hybridized carbons (Fsp3) is 0.346. The van der Waals surface area contributed by atoms with Crippen LogP contribution in [0.5, 0.6) is 0 Å². The first-order valence-electron chi connectivity index (χ1n) is 38.4. The van der Waals surface area contributed by atoms with E-state index in [1.165, 1.54) is 53.3 Å². The summed E-state index contributed by atoms with van der Waals surface area (Å²) < 4.78 is 69.7. The molecule has 6 aromatic rings. The number of hydrogen-bond donors (Lipinski definition) is 12. The van der Waals surface area contributed by atoms with Crippen LogP contribution in [0.2, 0.25) is 0 Å². The summed E-state index contributed by atoms with van der Waals surface area (Å²) in [6, 6.07) is 36.0. The summed E-state index contributed by atoms with van der Waals surface area (Å²) >= 11 is 0. The van der Waals surface area contributed by atoms with Crippen molar-refractivity contribution in [3.63, 3.8) is 0 Å². The summed E-state index contributed by atoms with van der Waals surface area (Å²) in [5, 5.41) is 48.4. The number of benzene rings is 6. The molecule has 4 aliphatic rings. The van der Waals surface area contributed by atoms with Gasteiger partial charge in [0, 0.05) is 102 Å². The van der Waals surface area contributed by atoms with Gasteiger partial charge >= 0.3 is 52.0 Å². The number of rotatable bonds is 42. The number of ether oxygens (including phenoxy) is 7. The van der Waals surface area contributed by atoms with Gasteiger partial charge in [-0.05, 0) is 108 Å². The number of anilines is 2. The first kappa shape index (κ1) is 105. The van der Waals surface area contributed by atoms with Gasteiger partial charge in [-0.25, -0.2) is 37.9 Å². The number of phosphoric acid groups is 2. The van der Waals surface area contributed by atoms with Gasteiger partial charge in [0.15, 0.2) is 6.10 Å². The van der Waals surface area contributed by atoms with Crippen LogP contribution in [0.1, 0.15) is 67.7 Å². The molecule has 0 heterocycles. The molecule has 6 amide bonds. The molecular formula is C81H88Fm4N10O29P2S4. The van der Waals surface area contributed by atoms with Crippen molar-refractivity contribution < 1.29 is 129 Å². The van der Waals surface area contributed by atoms with E-state index in [1.807, 2.05) is 97.1 Å². The standard InChI is InChI=1S/C47H47N6O17PS2.C34H41N4O12PS2.4Fm/c48-20-21-50-44(58)69-39-15-3-1-2-8-18-47(19-9-14-35(39)42(47)56)70-46(60)52(23-25-66-28-41(54)55)38-26-30(53(61)62)16-17-40(38)73-72-29-37(43(57)49-22-24-68-71(63,64)65)51-45(59)67-27-36-33-12-6-4-10-31(33)32-11-5-7-13-34(32)36;1-34(2,3)50-31(39)20-47-16-14-35-28-18-22(38(42)43)12-13-30(28)53-52-21-29(32(40)36-15-17-49-51(44,45)46)37-33(41)48-19-27-25-10-6-4-8-23(25)24-9-5-7-11-26(24)27;;;;/h1-2,4-7,10-14,16-17,26,36-37,39H,9,19-25,27-29,48H2,(H,49,57)(H,50,58)(H,51,59)(H,54,55)(H2,63,64,65);4-13,18,27,29,35H,14-17,19-21H2,1-3H3,(H,36,40)(H,37,41)(H2,44,45,46);;;;/b2-1-;;;;;. The summed E-state index contributed by atoms with van der Waals surface area (Å²) in [4.78, 5) is 178. The van der Waals surface area contributed by atoms with E-state index in [0.29, 0.717) is 10.6 Å². The quantitative estimate of drug-likeness (QED) is 0.00248. The van der Waals surface area contributed by atoms with Crippen molar-refractivity contribution in [3.8, 4) is 45.9 Å². The van der Waals surface area contributed by atoms with E-state index in [2.05, 4.69) is 64.6 Å². The number of phosphoric ester groups is 2. The number of Topliss-reactive ketones (excluding diaryl/α,β-unsaturated/α-hetero) is 1. The predicted molar refractivity (Wildman–Crippen MR) is 463 cm³/mol. The third-order valence-electron chi connectivity index (χ3n) is 18.1. The number of nitro groups is 2. The summed E-state index contributed by atoms with van der Waals surface area (Å²) in [6.45, 7) is 1.81. The predicted octanol–water partition coefficient (Wildman–Crippen LogP) is 9.41. The van der Waals surface area contributed by atoms with Gasteiger partial charge in [0.05, 0.1) is 54.2 Å². The first-order valence-corrected chi connectivity index (χ1v) is 46.1. The second-order valence-electron chi connectivity index (χ2n) is 28.1. The van der Waals surface area contributed by atoms with Gasteiger partial charge in [0.1, 0.15) is 44.1 Å². The SMILES string of the molecule is CC(C)(C)OC(=O)COCCNc1cc([N+](=O)[O-])ccc1SSCC(NC(=O)OCC1c2ccccc2-c2ccccc21)C(=O)NCCOP(=O)(O)O.NCCNC(=O)OC1C#C/C=C\C#CC2(OC(=O)N(CCOCC(=O)O)c3cc([N+](=O)[O-])ccc3SSCC(NC(=O)OCC3c4ccccc4-c4ccccc43)C(=O)NCCOP(=O)(O)O)CCC=C1C2=O.[Fm].[Fm].[Fm].[Fm]. The monoisotopic (exact) mass is 2880 g/mol. The van der Waals surface area contributed by atoms with Gasteiger partial charge in [-0.2, -0.15) is 0 Å². The largest absolute Gasteiger partial charge is 0.480 e. The fourth-order valence-electron chi connectivity index (χ4n) is 12.7. The number of fused-ring (bicyclic) bond motifs is 8. The maximum absolute atomic E-state index is 14.6. The molecule has 0 saturated carbocycles. The number of carboxylic acids is 1. The molecule has 4 unspecified atom stereocenters. The van der Waals surface area contributed by atoms with Crippen LogP contribution in [0.4, 0.5) is 41.9 Å². The third-order valence-corrected chi connectivity index (χ3v) is 24.0. The van der Waals surface area contributed by atoms with Crippen molar-refractivity contribution in [3.05, 3.63) is 200 Å². The van der Waals surface area contributed by atoms with Crippen LogP contribution in [-0.4, -0.2) is 221 Å². The Kier molecular flexibility index (Phi) is 40.1. The van der Waals surface area contributed by atoms with Crippen molar-refractivity contribution in [2.45, 2.75) is 84.6 Å². The summed E-state index contributed by atoms with van der Waals surface area (Å²) in [5.74, 6) is 5.64. The first-order chi connectivity index (χ1) is 60.1. The molecule has 13 N–H and O–H groups in total. The number of nitrogens with one attached hydrogen (secondary N) is 6. The molecule has 0 fully saturated rings. The number of amides is 6. The zero-order valence-electron chi connectivity index (χ0n) is 68.7. The van der Waals surface area contributed by atoms with Gasteiger partial charge < -0.3 is 95.5 Å². The van der Waals surface area contributed by atoms with Crippen LogP contribution in [0, 0.1) is 43.9 Å². The molecule has 10 rings (SSSR count). The number of alkyl carbamates (subject to hydrolysis) is 3. The third kappa shape index (κ3) is 31.1. The van der Waals surface area contributed by atoms with Crippen LogP contribution < -0.4 is 42.5 Å². The van der Waals surface area contributed by atoms with Crippen LogP contribution in [0.25, 0.3) is 22.3 Å². The minimum atomic E-state index is -4.89. The van der Waals surface area contributed by atoms with Gasteiger partial charge in [0.25, 0.3) is 11.4 Å². The number of aliphatic carboxylic acids is 1. The molecule has 0 aromatic heterocycles. The second-order valence-corrected chi connectivity index (χ2v) is 35.4. The van der Waals surface area contributed by atoms with Crippen molar-refractivity contribution >= 4 is 135 Å². The normalized spacial score (nSPS) is 15.0. The van der Waals surface area contributed by atoms with Crippen LogP contribution in [0.3, 0.4) is 0 Å². The molecule has 718 valence electrons.